The number of hydrogen-bond acceptors (Lipinski definition) is 5. The average Bonchev–Trinajstić information content (AvgIpc) is 2.72. The molecule has 0 radical (unpaired) electrons. The van der Waals surface area contributed by atoms with E-state index in [1.165, 1.54) is 12.2 Å². The van der Waals surface area contributed by atoms with Gasteiger partial charge in [0.1, 0.15) is 11.4 Å². The summed E-state index contributed by atoms with van der Waals surface area (Å²) >= 11 is 0. The van der Waals surface area contributed by atoms with Crippen molar-refractivity contribution in [2.75, 3.05) is 0 Å². The lowest BCUT2D eigenvalue weighted by Crippen LogP contribution is -2.31. The van der Waals surface area contributed by atoms with E-state index < -0.39 is 28.9 Å². The number of ketones is 1. The van der Waals surface area contributed by atoms with Crippen molar-refractivity contribution in [1.82, 2.24) is 9.97 Å². The number of aromatic nitrogens is 2. The number of carbonyl (C=O) groups is 2. The van der Waals surface area contributed by atoms with Crippen molar-refractivity contribution in [3.05, 3.63) is 110 Å². The van der Waals surface area contributed by atoms with Crippen molar-refractivity contribution in [3.63, 3.8) is 0 Å². The molecule has 146 valence electrons. The molecular weight excluding hydrogens is 372 g/mol. The van der Waals surface area contributed by atoms with Gasteiger partial charge in [-0.1, -0.05) is 61.5 Å². The molecule has 3 rings (SSSR count). The molecule has 0 saturated carbocycles. The normalized spacial score (nSPS) is 11.9. The Balaban J connectivity index is 1.89. The molecule has 1 atom stereocenters. The summed E-state index contributed by atoms with van der Waals surface area (Å²) in [7, 11) is 0. The fourth-order valence-corrected chi connectivity index (χ4v) is 2.80. The summed E-state index contributed by atoms with van der Waals surface area (Å²) in [4.78, 5) is 53.5. The summed E-state index contributed by atoms with van der Waals surface area (Å²) in [5.41, 5.74) is -1.20. The summed E-state index contributed by atoms with van der Waals surface area (Å²) in [6, 6.07) is 16.8. The van der Waals surface area contributed by atoms with Crippen molar-refractivity contribution < 1.29 is 14.3 Å². The lowest BCUT2D eigenvalue weighted by Gasteiger charge is -2.11. The Morgan fingerprint density at radius 3 is 2.21 bits per heavy atom. The van der Waals surface area contributed by atoms with Crippen molar-refractivity contribution in [3.8, 4) is 5.75 Å². The number of esters is 1. The van der Waals surface area contributed by atoms with Crippen molar-refractivity contribution in [2.45, 2.75) is 12.8 Å². The van der Waals surface area contributed by atoms with Gasteiger partial charge < -0.3 is 9.72 Å². The SMILES string of the molecule is CC(/C=C/C(=O)Oc1ccccc1)c1c(C(=O)c2ccccc2)[nH]c(=O)[nH]c1=O. The Hall–Kier alpha value is -4.00. The van der Waals surface area contributed by atoms with E-state index in [4.69, 9.17) is 4.74 Å². The van der Waals surface area contributed by atoms with Gasteiger partial charge in [-0.2, -0.15) is 0 Å². The van der Waals surface area contributed by atoms with Gasteiger partial charge in [0.05, 0.1) is 5.56 Å². The van der Waals surface area contributed by atoms with Crippen LogP contribution in [0.4, 0.5) is 0 Å². The van der Waals surface area contributed by atoms with E-state index >= 15 is 0 Å². The molecule has 0 fully saturated rings. The zero-order chi connectivity index (χ0) is 20.8. The number of aromatic amines is 2. The number of H-pyrrole nitrogens is 2. The maximum Gasteiger partial charge on any atom is 0.335 e. The van der Waals surface area contributed by atoms with Crippen LogP contribution in [0.2, 0.25) is 0 Å². The van der Waals surface area contributed by atoms with Gasteiger partial charge in [0.2, 0.25) is 5.78 Å². The second-order valence-corrected chi connectivity index (χ2v) is 6.27. The Kier molecular flexibility index (Phi) is 5.99. The van der Waals surface area contributed by atoms with E-state index in [9.17, 15) is 19.2 Å². The third-order valence-electron chi connectivity index (χ3n) is 4.18. The van der Waals surface area contributed by atoms with Gasteiger partial charge in [0.25, 0.3) is 5.56 Å². The first-order chi connectivity index (χ1) is 14.0. The highest BCUT2D eigenvalue weighted by atomic mass is 16.5. The molecule has 0 bridgehead atoms. The summed E-state index contributed by atoms with van der Waals surface area (Å²) in [5.74, 6) is -1.37. The number of para-hydroxylation sites is 1. The highest BCUT2D eigenvalue weighted by Gasteiger charge is 2.21. The Labute approximate surface area is 165 Å². The second kappa shape index (κ2) is 8.79. The standard InChI is InChI=1S/C22H18N2O5/c1-14(12-13-17(25)29-16-10-6-3-7-11-16)18-19(23-22(28)24-21(18)27)20(26)15-8-4-2-5-9-15/h2-14H,1H3,(H2,23,24,27,28)/b13-12+. The largest absolute Gasteiger partial charge is 0.423 e. The van der Waals surface area contributed by atoms with E-state index in [1.54, 1.807) is 67.6 Å². The number of allylic oxidation sites excluding steroid dienone is 1. The first-order valence-corrected chi connectivity index (χ1v) is 8.87. The van der Waals surface area contributed by atoms with E-state index in [-0.39, 0.29) is 11.3 Å². The van der Waals surface area contributed by atoms with Gasteiger partial charge in [-0.05, 0) is 12.1 Å². The minimum absolute atomic E-state index is 0.0576. The maximum atomic E-state index is 12.8. The second-order valence-electron chi connectivity index (χ2n) is 6.27. The molecule has 1 heterocycles. The first-order valence-electron chi connectivity index (χ1n) is 8.87. The van der Waals surface area contributed by atoms with Crippen LogP contribution in [0.25, 0.3) is 0 Å². The Bertz CT molecular complexity index is 1160. The minimum Gasteiger partial charge on any atom is -0.423 e. The van der Waals surface area contributed by atoms with Crippen LogP contribution >= 0.6 is 0 Å². The van der Waals surface area contributed by atoms with E-state index in [0.29, 0.717) is 11.3 Å². The molecule has 1 unspecified atom stereocenters. The molecular formula is C22H18N2O5. The first kappa shape index (κ1) is 19.8. The monoisotopic (exact) mass is 390 g/mol. The Morgan fingerprint density at radius 2 is 1.55 bits per heavy atom. The quantitative estimate of drug-likeness (QED) is 0.291. The molecule has 7 heteroatoms. The van der Waals surface area contributed by atoms with Crippen LogP contribution in [0, 0.1) is 0 Å². The summed E-state index contributed by atoms with van der Waals surface area (Å²) in [6.45, 7) is 1.64. The predicted molar refractivity (Wildman–Crippen MR) is 107 cm³/mol. The fraction of sp³-hybridized carbons (Fsp3) is 0.0909. The number of nitrogens with one attached hydrogen (secondary N) is 2. The molecule has 1 aromatic heterocycles. The zero-order valence-electron chi connectivity index (χ0n) is 15.5. The topological polar surface area (TPSA) is 109 Å². The van der Waals surface area contributed by atoms with Crippen LogP contribution in [-0.4, -0.2) is 21.7 Å². The lowest BCUT2D eigenvalue weighted by molar-refractivity contribution is -0.129. The van der Waals surface area contributed by atoms with Crippen molar-refractivity contribution >= 4 is 11.8 Å². The van der Waals surface area contributed by atoms with Crippen LogP contribution in [-0.2, 0) is 4.79 Å². The van der Waals surface area contributed by atoms with Gasteiger partial charge >= 0.3 is 11.7 Å². The third-order valence-corrected chi connectivity index (χ3v) is 4.18. The van der Waals surface area contributed by atoms with Crippen LogP contribution < -0.4 is 16.0 Å². The van der Waals surface area contributed by atoms with Crippen LogP contribution in [0.1, 0.15) is 34.5 Å². The van der Waals surface area contributed by atoms with Crippen molar-refractivity contribution in [2.24, 2.45) is 0 Å². The average molecular weight is 390 g/mol. The number of ether oxygens (including phenoxy) is 1. The lowest BCUT2D eigenvalue weighted by atomic mass is 9.96. The molecule has 7 nitrogen and oxygen atoms in total. The van der Waals surface area contributed by atoms with Gasteiger partial charge in [-0.25, -0.2) is 9.59 Å². The summed E-state index contributed by atoms with van der Waals surface area (Å²) < 4.78 is 5.16. The van der Waals surface area contributed by atoms with Gasteiger partial charge in [0, 0.05) is 17.6 Å². The number of benzene rings is 2. The molecule has 3 aromatic rings. The molecule has 29 heavy (non-hydrogen) atoms. The highest BCUT2D eigenvalue weighted by molar-refractivity contribution is 6.08. The summed E-state index contributed by atoms with van der Waals surface area (Å²) in [5, 5.41) is 0. The van der Waals surface area contributed by atoms with Gasteiger partial charge in [0.15, 0.2) is 0 Å². The van der Waals surface area contributed by atoms with Gasteiger partial charge in [-0.3, -0.25) is 14.6 Å². The maximum absolute atomic E-state index is 12.8. The molecule has 0 amide bonds. The van der Waals surface area contributed by atoms with E-state index in [0.717, 1.165) is 0 Å². The molecule has 0 aliphatic carbocycles. The molecule has 0 saturated heterocycles. The fourth-order valence-electron chi connectivity index (χ4n) is 2.80. The summed E-state index contributed by atoms with van der Waals surface area (Å²) in [6.07, 6.45) is 2.62. The van der Waals surface area contributed by atoms with Crippen LogP contribution in [0.5, 0.6) is 5.75 Å². The smallest absolute Gasteiger partial charge is 0.335 e. The molecule has 0 spiro atoms. The van der Waals surface area contributed by atoms with Crippen LogP contribution in [0.3, 0.4) is 0 Å². The number of carbonyl (C=O) groups excluding carboxylic acids is 2. The molecule has 0 aliphatic heterocycles. The highest BCUT2D eigenvalue weighted by Crippen LogP contribution is 2.18. The van der Waals surface area contributed by atoms with E-state index in [1.807, 2.05) is 0 Å². The van der Waals surface area contributed by atoms with Crippen molar-refractivity contribution in [1.29, 1.82) is 0 Å². The van der Waals surface area contributed by atoms with E-state index in [2.05, 4.69) is 9.97 Å². The molecule has 0 aliphatic rings. The van der Waals surface area contributed by atoms with Gasteiger partial charge in [-0.15, -0.1) is 0 Å². The molecule has 2 aromatic carbocycles. The third kappa shape index (κ3) is 4.84. The molecule has 2 N–H and O–H groups in total. The Morgan fingerprint density at radius 1 is 0.931 bits per heavy atom. The predicted octanol–water partition coefficient (Wildman–Crippen LogP) is 2.56. The van der Waals surface area contributed by atoms with Crippen LogP contribution in [0.15, 0.2) is 82.4 Å². The number of rotatable bonds is 6. The minimum atomic E-state index is -0.780. The zero-order valence-corrected chi connectivity index (χ0v) is 15.5. The number of hydrogen-bond donors (Lipinski definition) is 2.